The molecule has 100 valence electrons. The summed E-state index contributed by atoms with van der Waals surface area (Å²) < 4.78 is 5.21. The molecule has 0 saturated carbocycles. The zero-order valence-corrected chi connectivity index (χ0v) is 11.1. The normalized spacial score (nSPS) is 23.3. The topological polar surface area (TPSA) is 44.7 Å². The zero-order chi connectivity index (χ0) is 13.0. The van der Waals surface area contributed by atoms with E-state index in [2.05, 4.69) is 34.5 Å². The van der Waals surface area contributed by atoms with E-state index in [1.54, 1.807) is 0 Å². The number of anilines is 1. The Kier molecular flexibility index (Phi) is 4.22. The highest BCUT2D eigenvalue weighted by molar-refractivity contribution is 5.45. The van der Waals surface area contributed by atoms with Gasteiger partial charge >= 0.3 is 0 Å². The Labute approximate surface area is 109 Å². The van der Waals surface area contributed by atoms with E-state index in [0.29, 0.717) is 19.8 Å². The molecule has 4 heteroatoms. The fourth-order valence-electron chi connectivity index (χ4n) is 2.09. The molecule has 0 amide bonds. The van der Waals surface area contributed by atoms with Gasteiger partial charge < -0.3 is 20.1 Å². The summed E-state index contributed by atoms with van der Waals surface area (Å²) >= 11 is 0. The van der Waals surface area contributed by atoms with E-state index < -0.39 is 5.60 Å². The summed E-state index contributed by atoms with van der Waals surface area (Å²) in [5, 5.41) is 13.4. The number of nitrogens with one attached hydrogen (secondary N) is 1. The molecule has 2 rings (SSSR count). The minimum atomic E-state index is -0.677. The van der Waals surface area contributed by atoms with Gasteiger partial charge in [-0.05, 0) is 17.7 Å². The lowest BCUT2D eigenvalue weighted by molar-refractivity contribution is 0.0268. The maximum atomic E-state index is 10.1. The molecule has 1 aromatic rings. The number of aliphatic hydroxyl groups is 1. The maximum absolute atomic E-state index is 10.1. The van der Waals surface area contributed by atoms with Gasteiger partial charge in [0.15, 0.2) is 0 Å². The highest BCUT2D eigenvalue weighted by Gasteiger charge is 2.31. The average molecular weight is 250 g/mol. The SMILES string of the molecule is CN(C)c1ccc(CNCC2(O)CCOC2)cc1. The lowest BCUT2D eigenvalue weighted by Gasteiger charge is -2.20. The molecule has 0 radical (unpaired) electrons. The fourth-order valence-corrected chi connectivity index (χ4v) is 2.09. The molecule has 0 aliphatic carbocycles. The molecule has 1 atom stereocenters. The summed E-state index contributed by atoms with van der Waals surface area (Å²) in [6.45, 7) is 2.47. The third-order valence-electron chi connectivity index (χ3n) is 3.32. The smallest absolute Gasteiger partial charge is 0.102 e. The predicted octanol–water partition coefficient (Wildman–Crippen LogP) is 0.994. The first-order valence-electron chi connectivity index (χ1n) is 6.36. The van der Waals surface area contributed by atoms with Gasteiger partial charge in [0, 0.05) is 45.9 Å². The number of hydrogen-bond donors (Lipinski definition) is 2. The van der Waals surface area contributed by atoms with Crippen LogP contribution in [0.4, 0.5) is 5.69 Å². The van der Waals surface area contributed by atoms with Crippen LogP contribution in [0.2, 0.25) is 0 Å². The number of nitrogens with zero attached hydrogens (tertiary/aromatic N) is 1. The lowest BCUT2D eigenvalue weighted by atomic mass is 10.0. The molecule has 1 heterocycles. The van der Waals surface area contributed by atoms with Gasteiger partial charge in [-0.25, -0.2) is 0 Å². The molecule has 1 aromatic carbocycles. The molecule has 18 heavy (non-hydrogen) atoms. The first kappa shape index (κ1) is 13.3. The van der Waals surface area contributed by atoms with Crippen LogP contribution in [-0.4, -0.2) is 44.6 Å². The minimum Gasteiger partial charge on any atom is -0.386 e. The highest BCUT2D eigenvalue weighted by Crippen LogP contribution is 2.17. The fraction of sp³-hybridized carbons (Fsp3) is 0.571. The second-order valence-electron chi connectivity index (χ2n) is 5.19. The first-order valence-corrected chi connectivity index (χ1v) is 6.36. The predicted molar refractivity (Wildman–Crippen MR) is 72.9 cm³/mol. The standard InChI is InChI=1S/C14H22N2O2/c1-16(2)13-5-3-12(4-6-13)9-15-10-14(17)7-8-18-11-14/h3-6,15,17H,7-11H2,1-2H3. The Morgan fingerprint density at radius 3 is 2.61 bits per heavy atom. The summed E-state index contributed by atoms with van der Waals surface area (Å²) in [4.78, 5) is 2.08. The Morgan fingerprint density at radius 2 is 2.06 bits per heavy atom. The zero-order valence-electron chi connectivity index (χ0n) is 11.1. The van der Waals surface area contributed by atoms with Gasteiger partial charge in [0.1, 0.15) is 5.60 Å². The summed E-state index contributed by atoms with van der Waals surface area (Å²) in [7, 11) is 4.06. The molecule has 4 nitrogen and oxygen atoms in total. The van der Waals surface area contributed by atoms with Crippen molar-refractivity contribution in [2.75, 3.05) is 38.8 Å². The van der Waals surface area contributed by atoms with Gasteiger partial charge in [-0.2, -0.15) is 0 Å². The van der Waals surface area contributed by atoms with Crippen molar-refractivity contribution in [1.29, 1.82) is 0 Å². The van der Waals surface area contributed by atoms with Crippen molar-refractivity contribution < 1.29 is 9.84 Å². The molecule has 1 aliphatic heterocycles. The molecule has 1 aliphatic rings. The quantitative estimate of drug-likeness (QED) is 0.818. The summed E-state index contributed by atoms with van der Waals surface area (Å²) in [6.07, 6.45) is 0.722. The Bertz CT molecular complexity index is 370. The van der Waals surface area contributed by atoms with Gasteiger partial charge in [-0.15, -0.1) is 0 Å². The molecule has 2 N–H and O–H groups in total. The summed E-state index contributed by atoms with van der Waals surface area (Å²) in [5.41, 5.74) is 1.74. The van der Waals surface area contributed by atoms with Crippen LogP contribution in [0.5, 0.6) is 0 Å². The number of hydrogen-bond acceptors (Lipinski definition) is 4. The second-order valence-corrected chi connectivity index (χ2v) is 5.19. The Morgan fingerprint density at radius 1 is 1.33 bits per heavy atom. The molecule has 1 unspecified atom stereocenters. The van der Waals surface area contributed by atoms with Crippen molar-refractivity contribution in [2.24, 2.45) is 0 Å². The van der Waals surface area contributed by atoms with Crippen LogP contribution in [0.25, 0.3) is 0 Å². The maximum Gasteiger partial charge on any atom is 0.102 e. The third kappa shape index (κ3) is 3.45. The lowest BCUT2D eigenvalue weighted by Crippen LogP contribution is -2.40. The molecule has 0 bridgehead atoms. The van der Waals surface area contributed by atoms with Gasteiger partial charge in [0.25, 0.3) is 0 Å². The number of ether oxygens (including phenoxy) is 1. The number of rotatable bonds is 5. The highest BCUT2D eigenvalue weighted by atomic mass is 16.5. The third-order valence-corrected chi connectivity index (χ3v) is 3.32. The van der Waals surface area contributed by atoms with Crippen molar-refractivity contribution in [3.63, 3.8) is 0 Å². The van der Waals surface area contributed by atoms with Gasteiger partial charge in [0.2, 0.25) is 0 Å². The van der Waals surface area contributed by atoms with Crippen LogP contribution in [0.1, 0.15) is 12.0 Å². The monoisotopic (exact) mass is 250 g/mol. The van der Waals surface area contributed by atoms with Gasteiger partial charge in [0.05, 0.1) is 6.61 Å². The van der Waals surface area contributed by atoms with E-state index in [-0.39, 0.29) is 0 Å². The van der Waals surface area contributed by atoms with Crippen molar-refractivity contribution in [1.82, 2.24) is 5.32 Å². The summed E-state index contributed by atoms with van der Waals surface area (Å²) in [5.74, 6) is 0. The molecule has 0 spiro atoms. The molecule has 1 saturated heterocycles. The largest absolute Gasteiger partial charge is 0.386 e. The van der Waals surface area contributed by atoms with E-state index in [9.17, 15) is 5.11 Å². The van der Waals surface area contributed by atoms with E-state index >= 15 is 0 Å². The van der Waals surface area contributed by atoms with Crippen LogP contribution in [0, 0.1) is 0 Å². The van der Waals surface area contributed by atoms with Gasteiger partial charge in [-0.3, -0.25) is 0 Å². The Balaban J connectivity index is 1.79. The Hall–Kier alpha value is -1.10. The summed E-state index contributed by atoms with van der Waals surface area (Å²) in [6, 6.07) is 8.42. The van der Waals surface area contributed by atoms with Crippen LogP contribution in [0.3, 0.4) is 0 Å². The van der Waals surface area contributed by atoms with E-state index in [1.807, 2.05) is 14.1 Å². The van der Waals surface area contributed by atoms with E-state index in [1.165, 1.54) is 11.3 Å². The molecule has 1 fully saturated rings. The van der Waals surface area contributed by atoms with Crippen molar-refractivity contribution >= 4 is 5.69 Å². The first-order chi connectivity index (χ1) is 8.59. The van der Waals surface area contributed by atoms with E-state index in [4.69, 9.17) is 4.74 Å². The van der Waals surface area contributed by atoms with Gasteiger partial charge in [-0.1, -0.05) is 12.1 Å². The van der Waals surface area contributed by atoms with Crippen LogP contribution >= 0.6 is 0 Å². The van der Waals surface area contributed by atoms with E-state index in [0.717, 1.165) is 13.0 Å². The van der Waals surface area contributed by atoms with Crippen molar-refractivity contribution in [3.05, 3.63) is 29.8 Å². The minimum absolute atomic E-state index is 0.444. The molecule has 0 aromatic heterocycles. The number of benzene rings is 1. The molecular formula is C14H22N2O2. The van der Waals surface area contributed by atoms with Crippen molar-refractivity contribution in [2.45, 2.75) is 18.6 Å². The molecular weight excluding hydrogens is 228 g/mol. The second kappa shape index (κ2) is 5.69. The van der Waals surface area contributed by atoms with Crippen LogP contribution < -0.4 is 10.2 Å². The van der Waals surface area contributed by atoms with Crippen LogP contribution in [-0.2, 0) is 11.3 Å². The van der Waals surface area contributed by atoms with Crippen molar-refractivity contribution in [3.8, 4) is 0 Å². The average Bonchev–Trinajstić information content (AvgIpc) is 2.77. The van der Waals surface area contributed by atoms with Crippen LogP contribution in [0.15, 0.2) is 24.3 Å².